The highest BCUT2D eigenvalue weighted by molar-refractivity contribution is 6.00. The Balaban J connectivity index is 1.48. The van der Waals surface area contributed by atoms with Crippen LogP contribution in [0.2, 0.25) is 0 Å². The number of carbonyl (C=O) groups is 1. The molecule has 0 saturated carbocycles. The van der Waals surface area contributed by atoms with Crippen molar-refractivity contribution in [3.05, 3.63) is 30.0 Å². The fourth-order valence-electron chi connectivity index (χ4n) is 4.25. The van der Waals surface area contributed by atoms with Crippen molar-refractivity contribution in [2.24, 2.45) is 0 Å². The maximum Gasteiger partial charge on any atom is 0.219 e. The number of hydrogen-bond acceptors (Lipinski definition) is 5. The number of carbonyl (C=O) groups excluding carboxylic acids is 1. The lowest BCUT2D eigenvalue weighted by Crippen LogP contribution is -2.41. The second kappa shape index (κ2) is 7.11. The van der Waals surface area contributed by atoms with Crippen LogP contribution >= 0.6 is 0 Å². The Morgan fingerprint density at radius 3 is 3.12 bits per heavy atom. The molecule has 1 unspecified atom stereocenters. The van der Waals surface area contributed by atoms with Gasteiger partial charge in [-0.15, -0.1) is 0 Å². The first-order chi connectivity index (χ1) is 12.7. The first-order valence-electron chi connectivity index (χ1n) is 9.52. The van der Waals surface area contributed by atoms with Crippen LogP contribution in [-0.2, 0) is 11.2 Å². The zero-order valence-electron chi connectivity index (χ0n) is 15.2. The third-order valence-electron chi connectivity index (χ3n) is 5.64. The SMILES string of the molecule is CCC(=O)NCCN1CCC(N2CCc3cnc(O)c4cccc2c34)C1. The molecule has 0 aliphatic carbocycles. The highest BCUT2D eigenvalue weighted by Crippen LogP contribution is 2.38. The first-order valence-corrected chi connectivity index (χ1v) is 9.52. The Hall–Kier alpha value is -2.34. The lowest BCUT2D eigenvalue weighted by Gasteiger charge is -2.36. The van der Waals surface area contributed by atoms with E-state index in [0.29, 0.717) is 12.5 Å². The van der Waals surface area contributed by atoms with E-state index in [1.807, 2.05) is 25.3 Å². The van der Waals surface area contributed by atoms with E-state index in [0.717, 1.165) is 56.3 Å². The number of aromatic hydroxyl groups is 1. The van der Waals surface area contributed by atoms with E-state index in [2.05, 4.69) is 26.2 Å². The molecule has 0 radical (unpaired) electrons. The average molecular weight is 354 g/mol. The van der Waals surface area contributed by atoms with Crippen molar-refractivity contribution >= 4 is 22.4 Å². The number of pyridine rings is 1. The minimum absolute atomic E-state index is 0.118. The van der Waals surface area contributed by atoms with Gasteiger partial charge in [0.05, 0.1) is 0 Å². The van der Waals surface area contributed by atoms with Gasteiger partial charge >= 0.3 is 0 Å². The van der Waals surface area contributed by atoms with Gasteiger partial charge in [0, 0.05) is 67.8 Å². The van der Waals surface area contributed by atoms with Crippen LogP contribution in [0.5, 0.6) is 5.88 Å². The molecule has 0 bridgehead atoms. The molecule has 2 aliphatic rings. The van der Waals surface area contributed by atoms with E-state index in [1.54, 1.807) is 0 Å². The van der Waals surface area contributed by atoms with Crippen molar-refractivity contribution in [1.29, 1.82) is 0 Å². The summed E-state index contributed by atoms with van der Waals surface area (Å²) in [6, 6.07) is 6.60. The summed E-state index contributed by atoms with van der Waals surface area (Å²) in [7, 11) is 0. The molecule has 0 spiro atoms. The van der Waals surface area contributed by atoms with Crippen molar-refractivity contribution in [3.63, 3.8) is 0 Å². The molecule has 138 valence electrons. The molecular formula is C20H26N4O2. The van der Waals surface area contributed by atoms with E-state index in [9.17, 15) is 9.90 Å². The number of likely N-dealkylation sites (tertiary alicyclic amines) is 1. The number of hydrogen-bond donors (Lipinski definition) is 2. The monoisotopic (exact) mass is 354 g/mol. The van der Waals surface area contributed by atoms with Crippen LogP contribution in [0.3, 0.4) is 0 Å². The van der Waals surface area contributed by atoms with Gasteiger partial charge in [-0.05, 0) is 30.5 Å². The summed E-state index contributed by atoms with van der Waals surface area (Å²) in [5, 5.41) is 15.1. The normalized spacial score (nSPS) is 19.9. The number of anilines is 1. The Morgan fingerprint density at radius 2 is 2.27 bits per heavy atom. The van der Waals surface area contributed by atoms with Crippen molar-refractivity contribution < 1.29 is 9.90 Å². The summed E-state index contributed by atoms with van der Waals surface area (Å²) in [5.41, 5.74) is 2.44. The fourth-order valence-corrected chi connectivity index (χ4v) is 4.25. The van der Waals surface area contributed by atoms with Crippen LogP contribution in [0.4, 0.5) is 5.69 Å². The van der Waals surface area contributed by atoms with Gasteiger partial charge in [-0.2, -0.15) is 0 Å². The minimum Gasteiger partial charge on any atom is -0.493 e. The largest absolute Gasteiger partial charge is 0.493 e. The third kappa shape index (κ3) is 3.09. The van der Waals surface area contributed by atoms with Crippen molar-refractivity contribution in [2.45, 2.75) is 32.2 Å². The third-order valence-corrected chi connectivity index (χ3v) is 5.64. The molecule has 26 heavy (non-hydrogen) atoms. The van der Waals surface area contributed by atoms with Gasteiger partial charge in [0.2, 0.25) is 11.8 Å². The van der Waals surface area contributed by atoms with E-state index in [-0.39, 0.29) is 11.8 Å². The molecule has 1 aromatic carbocycles. The van der Waals surface area contributed by atoms with Crippen LogP contribution in [0.15, 0.2) is 24.4 Å². The lowest BCUT2D eigenvalue weighted by atomic mass is 9.97. The molecule has 1 fully saturated rings. The summed E-state index contributed by atoms with van der Waals surface area (Å²) in [6.07, 6.45) is 4.45. The van der Waals surface area contributed by atoms with Gasteiger partial charge < -0.3 is 15.3 Å². The quantitative estimate of drug-likeness (QED) is 0.858. The van der Waals surface area contributed by atoms with Crippen LogP contribution in [0.25, 0.3) is 10.8 Å². The van der Waals surface area contributed by atoms with E-state index >= 15 is 0 Å². The van der Waals surface area contributed by atoms with Gasteiger partial charge in [-0.1, -0.05) is 13.0 Å². The van der Waals surface area contributed by atoms with E-state index < -0.39 is 0 Å². The van der Waals surface area contributed by atoms with Crippen molar-refractivity contribution in [2.75, 3.05) is 37.6 Å². The maximum absolute atomic E-state index is 11.4. The van der Waals surface area contributed by atoms with Crippen LogP contribution in [0.1, 0.15) is 25.3 Å². The van der Waals surface area contributed by atoms with Crippen molar-refractivity contribution in [3.8, 4) is 5.88 Å². The van der Waals surface area contributed by atoms with Gasteiger partial charge in [0.15, 0.2) is 0 Å². The molecule has 1 atom stereocenters. The van der Waals surface area contributed by atoms with Gasteiger partial charge in [0.1, 0.15) is 0 Å². The zero-order valence-corrected chi connectivity index (χ0v) is 15.2. The lowest BCUT2D eigenvalue weighted by molar-refractivity contribution is -0.120. The minimum atomic E-state index is 0.118. The van der Waals surface area contributed by atoms with Crippen LogP contribution < -0.4 is 10.2 Å². The predicted octanol–water partition coefficient (Wildman–Crippen LogP) is 1.90. The highest BCUT2D eigenvalue weighted by Gasteiger charge is 2.31. The topological polar surface area (TPSA) is 68.7 Å². The van der Waals surface area contributed by atoms with E-state index in [1.165, 1.54) is 11.3 Å². The van der Waals surface area contributed by atoms with Crippen LogP contribution in [-0.4, -0.2) is 59.7 Å². The fraction of sp³-hybridized carbons (Fsp3) is 0.500. The second-order valence-electron chi connectivity index (χ2n) is 7.20. The molecule has 2 aliphatic heterocycles. The summed E-state index contributed by atoms with van der Waals surface area (Å²) in [5.74, 6) is 0.237. The van der Waals surface area contributed by atoms with E-state index in [4.69, 9.17) is 0 Å². The number of nitrogens with one attached hydrogen (secondary N) is 1. The molecule has 6 heteroatoms. The summed E-state index contributed by atoms with van der Waals surface area (Å²) >= 11 is 0. The predicted molar refractivity (Wildman–Crippen MR) is 103 cm³/mol. The van der Waals surface area contributed by atoms with Gasteiger partial charge in [-0.3, -0.25) is 9.69 Å². The maximum atomic E-state index is 11.4. The molecule has 2 aromatic rings. The molecule has 4 rings (SSSR count). The number of rotatable bonds is 5. The highest BCUT2D eigenvalue weighted by atomic mass is 16.3. The number of nitrogens with zero attached hydrogens (tertiary/aromatic N) is 3. The Bertz CT molecular complexity index is 823. The molecule has 3 heterocycles. The zero-order chi connectivity index (χ0) is 18.1. The smallest absolute Gasteiger partial charge is 0.219 e. The standard InChI is InChI=1S/C20H26N4O2/c1-2-18(25)21-8-11-23-9-7-15(13-23)24-10-6-14-12-22-20(26)16-4-3-5-17(24)19(14)16/h3-5,12,15H,2,6-11,13H2,1H3,(H,21,25)(H,22,26). The molecule has 2 N–H and O–H groups in total. The molecular weight excluding hydrogens is 328 g/mol. The first kappa shape index (κ1) is 17.1. The summed E-state index contributed by atoms with van der Waals surface area (Å²) in [6.45, 7) is 6.57. The average Bonchev–Trinajstić information content (AvgIpc) is 3.13. The molecule has 6 nitrogen and oxygen atoms in total. The Labute approximate surface area is 153 Å². The molecule has 1 amide bonds. The number of aromatic nitrogens is 1. The Morgan fingerprint density at radius 1 is 1.38 bits per heavy atom. The second-order valence-corrected chi connectivity index (χ2v) is 7.20. The van der Waals surface area contributed by atoms with Crippen LogP contribution in [0, 0.1) is 0 Å². The molecule has 1 aromatic heterocycles. The van der Waals surface area contributed by atoms with Gasteiger partial charge in [0.25, 0.3) is 0 Å². The Kier molecular flexibility index (Phi) is 4.68. The summed E-state index contributed by atoms with van der Waals surface area (Å²) < 4.78 is 0. The summed E-state index contributed by atoms with van der Waals surface area (Å²) in [4.78, 5) is 20.5. The number of amides is 1. The number of benzene rings is 1. The molecule has 1 saturated heterocycles. The van der Waals surface area contributed by atoms with Crippen molar-refractivity contribution in [1.82, 2.24) is 15.2 Å². The van der Waals surface area contributed by atoms with Gasteiger partial charge in [-0.25, -0.2) is 4.98 Å².